The van der Waals surface area contributed by atoms with Crippen molar-refractivity contribution in [3.63, 3.8) is 0 Å². The summed E-state index contributed by atoms with van der Waals surface area (Å²) in [5.74, 6) is 0.962. The minimum absolute atomic E-state index is 0.388. The molecule has 1 aliphatic carbocycles. The molecule has 1 aliphatic rings. The Bertz CT molecular complexity index is 1170. The van der Waals surface area contributed by atoms with Crippen molar-refractivity contribution in [1.29, 1.82) is 0 Å². The lowest BCUT2D eigenvalue weighted by Crippen LogP contribution is -2.10. The molecule has 1 saturated carbocycles. The lowest BCUT2D eigenvalue weighted by Gasteiger charge is -2.25. The van der Waals surface area contributed by atoms with E-state index < -0.39 is 0 Å². The number of hydrogen-bond acceptors (Lipinski definition) is 5. The smallest absolute Gasteiger partial charge is 0.207 e. The summed E-state index contributed by atoms with van der Waals surface area (Å²) in [5.41, 5.74) is 6.00. The van der Waals surface area contributed by atoms with Gasteiger partial charge in [-0.2, -0.15) is 5.21 Å². The summed E-state index contributed by atoms with van der Waals surface area (Å²) in [4.78, 5) is 9.48. The SMILES string of the molecule is Cc1cc(-c2c(-c3nn[nH]n3)c(C3CCCCC3)nc3ccc(Cl)cc23)ccn1. The summed E-state index contributed by atoms with van der Waals surface area (Å²) in [6.07, 6.45) is 7.83. The van der Waals surface area contributed by atoms with E-state index in [2.05, 4.69) is 31.7 Å². The third kappa shape index (κ3) is 3.38. The van der Waals surface area contributed by atoms with E-state index in [0.29, 0.717) is 16.8 Å². The van der Waals surface area contributed by atoms with Crippen LogP contribution >= 0.6 is 11.6 Å². The first-order valence-electron chi connectivity index (χ1n) is 10.0. The summed E-state index contributed by atoms with van der Waals surface area (Å²) in [6, 6.07) is 9.99. The van der Waals surface area contributed by atoms with Gasteiger partial charge in [-0.1, -0.05) is 30.9 Å². The van der Waals surface area contributed by atoms with E-state index in [0.717, 1.165) is 51.8 Å². The van der Waals surface area contributed by atoms with Gasteiger partial charge < -0.3 is 0 Å². The Hall–Kier alpha value is -2.86. The quantitative estimate of drug-likeness (QED) is 0.488. The fraction of sp³-hybridized carbons (Fsp3) is 0.318. The molecule has 146 valence electrons. The Morgan fingerprint density at radius 2 is 1.90 bits per heavy atom. The Labute approximate surface area is 173 Å². The highest BCUT2D eigenvalue weighted by Crippen LogP contribution is 2.44. The van der Waals surface area contributed by atoms with Crippen molar-refractivity contribution in [1.82, 2.24) is 30.6 Å². The average molecular weight is 405 g/mol. The van der Waals surface area contributed by atoms with Gasteiger partial charge in [0, 0.05) is 33.8 Å². The van der Waals surface area contributed by atoms with Crippen LogP contribution in [-0.2, 0) is 0 Å². The van der Waals surface area contributed by atoms with Gasteiger partial charge in [0.2, 0.25) is 5.82 Å². The number of H-pyrrole nitrogens is 1. The van der Waals surface area contributed by atoms with E-state index in [1.165, 1.54) is 19.3 Å². The average Bonchev–Trinajstić information content (AvgIpc) is 3.27. The van der Waals surface area contributed by atoms with Crippen LogP contribution < -0.4 is 0 Å². The number of tetrazole rings is 1. The third-order valence-electron chi connectivity index (χ3n) is 5.72. The molecule has 3 heterocycles. The molecular formula is C22H21ClN6. The molecule has 0 atom stereocenters. The Balaban J connectivity index is 1.89. The van der Waals surface area contributed by atoms with E-state index in [1.807, 2.05) is 37.4 Å². The first-order chi connectivity index (χ1) is 14.2. The molecule has 5 rings (SSSR count). The van der Waals surface area contributed by atoms with E-state index in [1.54, 1.807) is 0 Å². The van der Waals surface area contributed by atoms with E-state index in [4.69, 9.17) is 16.6 Å². The molecule has 0 radical (unpaired) electrons. The van der Waals surface area contributed by atoms with Gasteiger partial charge in [-0.25, -0.2) is 0 Å². The molecule has 4 aromatic rings. The number of aryl methyl sites for hydroxylation is 1. The predicted octanol–water partition coefficient (Wildman–Crippen LogP) is 5.49. The van der Waals surface area contributed by atoms with Gasteiger partial charge in [-0.05, 0) is 60.9 Å². The van der Waals surface area contributed by atoms with Crippen molar-refractivity contribution in [2.45, 2.75) is 44.9 Å². The number of benzene rings is 1. The van der Waals surface area contributed by atoms with Gasteiger partial charge in [-0.15, -0.1) is 10.2 Å². The Morgan fingerprint density at radius 3 is 2.66 bits per heavy atom. The molecule has 0 spiro atoms. The van der Waals surface area contributed by atoms with Crippen molar-refractivity contribution in [3.8, 4) is 22.5 Å². The second kappa shape index (κ2) is 7.52. The second-order valence-electron chi connectivity index (χ2n) is 7.66. The summed E-state index contributed by atoms with van der Waals surface area (Å²) < 4.78 is 0. The molecule has 0 amide bonds. The Morgan fingerprint density at radius 1 is 1.03 bits per heavy atom. The lowest BCUT2D eigenvalue weighted by molar-refractivity contribution is 0.438. The number of hydrogen-bond donors (Lipinski definition) is 1. The number of aromatic nitrogens is 6. The second-order valence-corrected chi connectivity index (χ2v) is 8.10. The van der Waals surface area contributed by atoms with Gasteiger partial charge in [0.05, 0.1) is 16.8 Å². The topological polar surface area (TPSA) is 80.2 Å². The van der Waals surface area contributed by atoms with E-state index in [-0.39, 0.29) is 0 Å². The van der Waals surface area contributed by atoms with Crippen LogP contribution in [0.15, 0.2) is 36.5 Å². The van der Waals surface area contributed by atoms with E-state index in [9.17, 15) is 0 Å². The highest BCUT2D eigenvalue weighted by molar-refractivity contribution is 6.31. The van der Waals surface area contributed by atoms with Crippen LogP contribution in [0.3, 0.4) is 0 Å². The highest BCUT2D eigenvalue weighted by atomic mass is 35.5. The van der Waals surface area contributed by atoms with Crippen LogP contribution in [0, 0.1) is 6.92 Å². The van der Waals surface area contributed by atoms with Gasteiger partial charge in [0.25, 0.3) is 0 Å². The maximum absolute atomic E-state index is 6.39. The highest BCUT2D eigenvalue weighted by Gasteiger charge is 2.27. The fourth-order valence-electron chi connectivity index (χ4n) is 4.42. The standard InChI is InChI=1S/C22H21ClN6/c1-13-11-15(9-10-24-13)19-17-12-16(23)7-8-18(17)25-21(14-5-3-2-4-6-14)20(19)22-26-28-29-27-22/h7-12,14H,2-6H2,1H3,(H,26,27,28,29). The van der Waals surface area contributed by atoms with Crippen molar-refractivity contribution < 1.29 is 0 Å². The van der Waals surface area contributed by atoms with Crippen molar-refractivity contribution in [2.24, 2.45) is 0 Å². The van der Waals surface area contributed by atoms with Crippen molar-refractivity contribution in [2.75, 3.05) is 0 Å². The zero-order chi connectivity index (χ0) is 19.8. The van der Waals surface area contributed by atoms with E-state index >= 15 is 0 Å². The maximum atomic E-state index is 6.39. The van der Waals surface area contributed by atoms with Crippen LogP contribution in [0.1, 0.15) is 49.4 Å². The first-order valence-corrected chi connectivity index (χ1v) is 10.4. The molecular weight excluding hydrogens is 384 g/mol. The van der Waals surface area contributed by atoms with Crippen molar-refractivity contribution >= 4 is 22.5 Å². The zero-order valence-electron chi connectivity index (χ0n) is 16.2. The molecule has 29 heavy (non-hydrogen) atoms. The fourth-order valence-corrected chi connectivity index (χ4v) is 4.59. The van der Waals surface area contributed by atoms with Gasteiger partial charge >= 0.3 is 0 Å². The van der Waals surface area contributed by atoms with Gasteiger partial charge in [0.15, 0.2) is 0 Å². The molecule has 3 aromatic heterocycles. The molecule has 0 bridgehead atoms. The number of rotatable bonds is 3. The number of nitrogens with one attached hydrogen (secondary N) is 1. The predicted molar refractivity (Wildman–Crippen MR) is 114 cm³/mol. The number of nitrogens with zero attached hydrogens (tertiary/aromatic N) is 5. The van der Waals surface area contributed by atoms with Gasteiger partial charge in [0.1, 0.15) is 0 Å². The minimum atomic E-state index is 0.388. The summed E-state index contributed by atoms with van der Waals surface area (Å²) in [7, 11) is 0. The van der Waals surface area contributed by atoms with Crippen LogP contribution in [0.2, 0.25) is 5.02 Å². The largest absolute Gasteiger partial charge is 0.262 e. The van der Waals surface area contributed by atoms with Crippen molar-refractivity contribution in [3.05, 3.63) is 52.9 Å². The summed E-state index contributed by atoms with van der Waals surface area (Å²) >= 11 is 6.39. The molecule has 1 aromatic carbocycles. The summed E-state index contributed by atoms with van der Waals surface area (Å²) in [6.45, 7) is 2.00. The molecule has 6 nitrogen and oxygen atoms in total. The monoisotopic (exact) mass is 404 g/mol. The molecule has 0 saturated heterocycles. The zero-order valence-corrected chi connectivity index (χ0v) is 16.9. The molecule has 7 heteroatoms. The molecule has 1 N–H and O–H groups in total. The summed E-state index contributed by atoms with van der Waals surface area (Å²) in [5, 5.41) is 16.8. The normalized spacial score (nSPS) is 15.1. The molecule has 0 unspecified atom stereocenters. The van der Waals surface area contributed by atoms with Gasteiger partial charge in [-0.3, -0.25) is 9.97 Å². The van der Waals surface area contributed by atoms with Crippen LogP contribution in [0.5, 0.6) is 0 Å². The molecule has 1 fully saturated rings. The lowest BCUT2D eigenvalue weighted by atomic mass is 9.82. The third-order valence-corrected chi connectivity index (χ3v) is 5.96. The minimum Gasteiger partial charge on any atom is -0.262 e. The maximum Gasteiger partial charge on any atom is 0.207 e. The number of fused-ring (bicyclic) bond motifs is 1. The number of halogens is 1. The van der Waals surface area contributed by atoms with Crippen LogP contribution in [0.4, 0.5) is 0 Å². The number of pyridine rings is 2. The first kappa shape index (κ1) is 18.2. The molecule has 0 aliphatic heterocycles. The van der Waals surface area contributed by atoms with Crippen LogP contribution in [0.25, 0.3) is 33.4 Å². The number of aromatic amines is 1. The van der Waals surface area contributed by atoms with Crippen LogP contribution in [-0.4, -0.2) is 30.6 Å². The Kier molecular flexibility index (Phi) is 4.72.